The first-order valence-corrected chi connectivity index (χ1v) is 8.07. The molecule has 2 heterocycles. The minimum absolute atomic E-state index is 0.112. The number of sulfonamides is 1. The second kappa shape index (κ2) is 6.31. The molecule has 1 fully saturated rings. The molecule has 1 aromatic rings. The van der Waals surface area contributed by atoms with Crippen LogP contribution in [0.25, 0.3) is 0 Å². The van der Waals surface area contributed by atoms with E-state index in [1.807, 2.05) is 6.92 Å². The maximum atomic E-state index is 11.9. The third-order valence-corrected chi connectivity index (χ3v) is 4.34. The van der Waals surface area contributed by atoms with Crippen molar-refractivity contribution in [2.24, 2.45) is 0 Å². The number of piperazine rings is 1. The van der Waals surface area contributed by atoms with Crippen molar-refractivity contribution in [3.63, 3.8) is 0 Å². The summed E-state index contributed by atoms with van der Waals surface area (Å²) in [5, 5.41) is 3.24. The quantitative estimate of drug-likeness (QED) is 0.798. The molecule has 1 aliphatic rings. The van der Waals surface area contributed by atoms with E-state index in [0.717, 1.165) is 31.9 Å². The normalized spacial score (nSPS) is 17.3. The molecule has 1 aromatic heterocycles. The lowest BCUT2D eigenvalue weighted by molar-refractivity contribution is 0.254. The first kappa shape index (κ1) is 14.2. The van der Waals surface area contributed by atoms with Gasteiger partial charge < -0.3 is 5.32 Å². The summed E-state index contributed by atoms with van der Waals surface area (Å²) < 4.78 is 26.4. The highest BCUT2D eigenvalue weighted by Gasteiger charge is 2.15. The Morgan fingerprint density at radius 3 is 2.74 bits per heavy atom. The molecule has 6 nitrogen and oxygen atoms in total. The highest BCUT2D eigenvalue weighted by molar-refractivity contribution is 7.92. The van der Waals surface area contributed by atoms with E-state index in [0.29, 0.717) is 12.2 Å². The predicted octanol–water partition coefficient (Wildman–Crippen LogP) is 0.0369. The van der Waals surface area contributed by atoms with E-state index in [4.69, 9.17) is 0 Å². The predicted molar refractivity (Wildman–Crippen MR) is 75.7 cm³/mol. The molecule has 1 saturated heterocycles. The molecule has 1 aliphatic heterocycles. The summed E-state index contributed by atoms with van der Waals surface area (Å²) >= 11 is 0. The van der Waals surface area contributed by atoms with Crippen molar-refractivity contribution in [1.82, 2.24) is 15.2 Å². The van der Waals surface area contributed by atoms with Gasteiger partial charge in [-0.15, -0.1) is 0 Å². The van der Waals surface area contributed by atoms with Crippen molar-refractivity contribution in [2.75, 3.05) is 43.2 Å². The molecule has 0 bridgehead atoms. The highest BCUT2D eigenvalue weighted by atomic mass is 32.2. The lowest BCUT2D eigenvalue weighted by Gasteiger charge is -2.26. The van der Waals surface area contributed by atoms with Crippen LogP contribution in [0.4, 0.5) is 5.69 Å². The van der Waals surface area contributed by atoms with E-state index >= 15 is 0 Å². The van der Waals surface area contributed by atoms with E-state index in [1.54, 1.807) is 12.1 Å². The SMILES string of the molecule is Cc1ccc(NS(=O)(=O)CCN2CCNCC2)cn1. The lowest BCUT2D eigenvalue weighted by Crippen LogP contribution is -2.45. The van der Waals surface area contributed by atoms with Gasteiger partial charge in [-0.2, -0.15) is 0 Å². The Balaban J connectivity index is 1.85. The van der Waals surface area contributed by atoms with Crippen molar-refractivity contribution < 1.29 is 8.42 Å². The Morgan fingerprint density at radius 2 is 2.11 bits per heavy atom. The number of anilines is 1. The van der Waals surface area contributed by atoms with Gasteiger partial charge >= 0.3 is 0 Å². The van der Waals surface area contributed by atoms with Gasteiger partial charge in [-0.1, -0.05) is 0 Å². The summed E-state index contributed by atoms with van der Waals surface area (Å²) in [5.74, 6) is 0.112. The number of aryl methyl sites for hydroxylation is 1. The van der Waals surface area contributed by atoms with Crippen molar-refractivity contribution >= 4 is 15.7 Å². The number of aromatic nitrogens is 1. The van der Waals surface area contributed by atoms with Crippen molar-refractivity contribution in [3.8, 4) is 0 Å². The minimum atomic E-state index is -3.30. The van der Waals surface area contributed by atoms with Crippen LogP contribution in [0.1, 0.15) is 5.69 Å². The molecule has 0 unspecified atom stereocenters. The van der Waals surface area contributed by atoms with Crippen molar-refractivity contribution in [3.05, 3.63) is 24.0 Å². The number of nitrogens with one attached hydrogen (secondary N) is 2. The largest absolute Gasteiger partial charge is 0.314 e. The fourth-order valence-corrected chi connectivity index (χ4v) is 3.02. The van der Waals surface area contributed by atoms with Gasteiger partial charge in [0, 0.05) is 38.4 Å². The molecule has 0 aliphatic carbocycles. The summed E-state index contributed by atoms with van der Waals surface area (Å²) in [6, 6.07) is 3.51. The Hall–Kier alpha value is -1.18. The molecule has 2 N–H and O–H groups in total. The number of nitrogens with zero attached hydrogens (tertiary/aromatic N) is 2. The number of hydrogen-bond donors (Lipinski definition) is 2. The van der Waals surface area contributed by atoms with E-state index in [9.17, 15) is 8.42 Å². The fourth-order valence-electron chi connectivity index (χ4n) is 1.94. The molecule has 0 aromatic carbocycles. The van der Waals surface area contributed by atoms with Gasteiger partial charge in [-0.3, -0.25) is 14.6 Å². The van der Waals surface area contributed by atoms with Gasteiger partial charge in [0.1, 0.15) is 0 Å². The third kappa shape index (κ3) is 4.77. The zero-order valence-electron chi connectivity index (χ0n) is 11.1. The average molecular weight is 284 g/mol. The number of hydrogen-bond acceptors (Lipinski definition) is 5. The third-order valence-electron chi connectivity index (χ3n) is 3.07. The maximum Gasteiger partial charge on any atom is 0.234 e. The van der Waals surface area contributed by atoms with E-state index < -0.39 is 10.0 Å². The molecule has 0 spiro atoms. The average Bonchev–Trinajstić information content (AvgIpc) is 2.40. The first-order chi connectivity index (χ1) is 9.05. The second-order valence-electron chi connectivity index (χ2n) is 4.70. The van der Waals surface area contributed by atoms with Crippen LogP contribution in [-0.4, -0.2) is 56.8 Å². The van der Waals surface area contributed by atoms with Crippen LogP contribution >= 0.6 is 0 Å². The van der Waals surface area contributed by atoms with E-state index in [-0.39, 0.29) is 5.75 Å². The van der Waals surface area contributed by atoms with Gasteiger partial charge in [0.05, 0.1) is 17.6 Å². The van der Waals surface area contributed by atoms with Crippen LogP contribution < -0.4 is 10.0 Å². The Labute approximate surface area is 114 Å². The molecule has 7 heteroatoms. The second-order valence-corrected chi connectivity index (χ2v) is 6.54. The van der Waals surface area contributed by atoms with E-state index in [2.05, 4.69) is 19.9 Å². The molecule has 0 radical (unpaired) electrons. The summed E-state index contributed by atoms with van der Waals surface area (Å²) in [4.78, 5) is 6.22. The molecule has 2 rings (SSSR count). The molecule has 19 heavy (non-hydrogen) atoms. The Morgan fingerprint density at radius 1 is 1.37 bits per heavy atom. The first-order valence-electron chi connectivity index (χ1n) is 6.41. The van der Waals surface area contributed by atoms with Gasteiger partial charge in [-0.25, -0.2) is 8.42 Å². The topological polar surface area (TPSA) is 74.3 Å². The minimum Gasteiger partial charge on any atom is -0.314 e. The lowest BCUT2D eigenvalue weighted by atomic mass is 10.4. The maximum absolute atomic E-state index is 11.9. The van der Waals surface area contributed by atoms with Crippen LogP contribution in [0.2, 0.25) is 0 Å². The summed E-state index contributed by atoms with van der Waals surface area (Å²) in [5.41, 5.74) is 1.38. The summed E-state index contributed by atoms with van der Waals surface area (Å²) in [6.45, 7) is 6.09. The van der Waals surface area contributed by atoms with Crippen LogP contribution in [-0.2, 0) is 10.0 Å². The van der Waals surface area contributed by atoms with Gasteiger partial charge in [0.15, 0.2) is 0 Å². The number of pyridine rings is 1. The Kier molecular flexibility index (Phi) is 4.73. The zero-order chi connectivity index (χ0) is 13.7. The standard InChI is InChI=1S/C12H20N4O2S/c1-11-2-3-12(10-14-11)15-19(17,18)9-8-16-6-4-13-5-7-16/h2-3,10,13,15H,4-9H2,1H3. The summed E-state index contributed by atoms with van der Waals surface area (Å²) in [7, 11) is -3.30. The number of rotatable bonds is 5. The Bertz CT molecular complexity index is 495. The fraction of sp³-hybridized carbons (Fsp3) is 0.583. The van der Waals surface area contributed by atoms with Crippen LogP contribution in [0.15, 0.2) is 18.3 Å². The van der Waals surface area contributed by atoms with Crippen LogP contribution in [0.3, 0.4) is 0 Å². The molecule has 106 valence electrons. The summed E-state index contributed by atoms with van der Waals surface area (Å²) in [6.07, 6.45) is 1.54. The molecule has 0 amide bonds. The molecular weight excluding hydrogens is 264 g/mol. The van der Waals surface area contributed by atoms with E-state index in [1.165, 1.54) is 6.20 Å². The molecule has 0 saturated carbocycles. The van der Waals surface area contributed by atoms with Crippen LogP contribution in [0.5, 0.6) is 0 Å². The molecule has 0 atom stereocenters. The van der Waals surface area contributed by atoms with Gasteiger partial charge in [0.25, 0.3) is 0 Å². The zero-order valence-corrected chi connectivity index (χ0v) is 11.9. The monoisotopic (exact) mass is 284 g/mol. The highest BCUT2D eigenvalue weighted by Crippen LogP contribution is 2.08. The van der Waals surface area contributed by atoms with Crippen molar-refractivity contribution in [1.29, 1.82) is 0 Å². The molecular formula is C12H20N4O2S. The smallest absolute Gasteiger partial charge is 0.234 e. The van der Waals surface area contributed by atoms with Crippen molar-refractivity contribution in [2.45, 2.75) is 6.92 Å². The van der Waals surface area contributed by atoms with Gasteiger partial charge in [0.2, 0.25) is 10.0 Å². The van der Waals surface area contributed by atoms with Gasteiger partial charge in [-0.05, 0) is 19.1 Å². The van der Waals surface area contributed by atoms with Crippen LogP contribution in [0, 0.1) is 6.92 Å².